The lowest BCUT2D eigenvalue weighted by atomic mass is 9.99. The second-order valence-electron chi connectivity index (χ2n) is 7.41. The zero-order chi connectivity index (χ0) is 19.3. The fourth-order valence-corrected chi connectivity index (χ4v) is 3.72. The summed E-state index contributed by atoms with van der Waals surface area (Å²) >= 11 is 0. The van der Waals surface area contributed by atoms with E-state index in [4.69, 9.17) is 5.10 Å². The number of rotatable bonds is 5. The van der Waals surface area contributed by atoms with Crippen molar-refractivity contribution in [1.82, 2.24) is 20.4 Å². The first-order valence-electron chi connectivity index (χ1n) is 9.92. The van der Waals surface area contributed by atoms with E-state index in [2.05, 4.69) is 10.6 Å². The maximum atomic E-state index is 13.1. The van der Waals surface area contributed by atoms with Crippen LogP contribution in [-0.4, -0.2) is 35.3 Å². The van der Waals surface area contributed by atoms with Crippen molar-refractivity contribution < 1.29 is 4.79 Å². The Kier molecular flexibility index (Phi) is 7.07. The van der Waals surface area contributed by atoms with E-state index in [1.165, 1.54) is 6.42 Å². The van der Waals surface area contributed by atoms with Crippen LogP contribution in [0, 0.1) is 12.8 Å². The molecule has 2 N–H and O–H groups in total. The molecule has 2 aromatic carbocycles. The highest BCUT2D eigenvalue weighted by atomic mass is 35.5. The molecule has 1 amide bonds. The van der Waals surface area contributed by atoms with Gasteiger partial charge in [0.25, 0.3) is 5.91 Å². The standard InChI is InChI=1S/C23H26N4O.ClH/c1-17-8-5-6-12-20(17)22-21(16-27(26-22)19-10-3-2-4-11-19)23(28)25-15-18-9-7-13-24-14-18;/h2-6,8,10-12,16,18,24H,7,9,13-15H2,1H3,(H,25,28);1H. The molecule has 152 valence electrons. The minimum absolute atomic E-state index is 0. The molecule has 1 aliphatic rings. The van der Waals surface area contributed by atoms with E-state index >= 15 is 0 Å². The summed E-state index contributed by atoms with van der Waals surface area (Å²) in [5.41, 5.74) is 4.36. The van der Waals surface area contributed by atoms with E-state index in [1.54, 1.807) is 4.68 Å². The highest BCUT2D eigenvalue weighted by molar-refractivity contribution is 6.00. The van der Waals surface area contributed by atoms with Gasteiger partial charge >= 0.3 is 0 Å². The number of carbonyl (C=O) groups is 1. The van der Waals surface area contributed by atoms with Crippen LogP contribution < -0.4 is 10.6 Å². The molecule has 1 saturated heterocycles. The molecule has 3 aromatic rings. The van der Waals surface area contributed by atoms with Crippen LogP contribution in [0.3, 0.4) is 0 Å². The number of benzene rings is 2. The number of aryl methyl sites for hydroxylation is 1. The predicted molar refractivity (Wildman–Crippen MR) is 119 cm³/mol. The van der Waals surface area contributed by atoms with Crippen molar-refractivity contribution in [2.45, 2.75) is 19.8 Å². The van der Waals surface area contributed by atoms with Gasteiger partial charge in [-0.05, 0) is 56.5 Å². The van der Waals surface area contributed by atoms with Crippen LogP contribution in [0.2, 0.25) is 0 Å². The van der Waals surface area contributed by atoms with Crippen LogP contribution >= 0.6 is 12.4 Å². The highest BCUT2D eigenvalue weighted by Crippen LogP contribution is 2.26. The van der Waals surface area contributed by atoms with E-state index in [1.807, 2.05) is 67.7 Å². The van der Waals surface area contributed by atoms with Crippen LogP contribution in [0.15, 0.2) is 60.8 Å². The van der Waals surface area contributed by atoms with Crippen LogP contribution in [0.1, 0.15) is 28.8 Å². The first-order valence-corrected chi connectivity index (χ1v) is 9.92. The van der Waals surface area contributed by atoms with Crippen LogP contribution in [0.5, 0.6) is 0 Å². The van der Waals surface area contributed by atoms with E-state index < -0.39 is 0 Å². The summed E-state index contributed by atoms with van der Waals surface area (Å²) in [5, 5.41) is 11.3. The largest absolute Gasteiger partial charge is 0.352 e. The Morgan fingerprint density at radius 3 is 2.66 bits per heavy atom. The highest BCUT2D eigenvalue weighted by Gasteiger charge is 2.21. The van der Waals surface area contributed by atoms with Crippen molar-refractivity contribution in [1.29, 1.82) is 0 Å². The van der Waals surface area contributed by atoms with Crippen molar-refractivity contribution in [3.8, 4) is 16.9 Å². The van der Waals surface area contributed by atoms with E-state index in [9.17, 15) is 4.79 Å². The molecule has 1 unspecified atom stereocenters. The van der Waals surface area contributed by atoms with Gasteiger partial charge in [0, 0.05) is 18.3 Å². The predicted octanol–water partition coefficient (Wildman–Crippen LogP) is 4.00. The van der Waals surface area contributed by atoms with Crippen molar-refractivity contribution in [3.63, 3.8) is 0 Å². The van der Waals surface area contributed by atoms with Gasteiger partial charge < -0.3 is 10.6 Å². The molecule has 0 bridgehead atoms. The van der Waals surface area contributed by atoms with Crippen LogP contribution in [0.4, 0.5) is 0 Å². The number of halogens is 1. The fourth-order valence-electron chi connectivity index (χ4n) is 3.72. The number of hydrogen-bond acceptors (Lipinski definition) is 3. The molecule has 1 atom stereocenters. The fraction of sp³-hybridized carbons (Fsp3) is 0.304. The molecule has 0 radical (unpaired) electrons. The smallest absolute Gasteiger partial charge is 0.255 e. The van der Waals surface area contributed by atoms with Gasteiger partial charge in [-0.2, -0.15) is 5.10 Å². The van der Waals surface area contributed by atoms with E-state index in [0.29, 0.717) is 18.0 Å². The Morgan fingerprint density at radius 2 is 1.93 bits per heavy atom. The lowest BCUT2D eigenvalue weighted by Gasteiger charge is -2.22. The van der Waals surface area contributed by atoms with Crippen LogP contribution in [-0.2, 0) is 0 Å². The van der Waals surface area contributed by atoms with Gasteiger partial charge in [-0.3, -0.25) is 4.79 Å². The molecule has 2 heterocycles. The Balaban J connectivity index is 0.00000240. The number of para-hydroxylation sites is 1. The molecule has 1 aromatic heterocycles. The first-order chi connectivity index (χ1) is 13.7. The summed E-state index contributed by atoms with van der Waals surface area (Å²) in [4.78, 5) is 13.1. The maximum absolute atomic E-state index is 13.1. The Morgan fingerprint density at radius 1 is 1.17 bits per heavy atom. The van der Waals surface area contributed by atoms with Gasteiger partial charge in [0.15, 0.2) is 0 Å². The molecule has 0 saturated carbocycles. The third kappa shape index (κ3) is 4.86. The first kappa shape index (κ1) is 21.1. The lowest BCUT2D eigenvalue weighted by Crippen LogP contribution is -2.38. The van der Waals surface area contributed by atoms with Crippen LogP contribution in [0.25, 0.3) is 16.9 Å². The van der Waals surface area contributed by atoms with Crippen molar-refractivity contribution in [2.24, 2.45) is 5.92 Å². The van der Waals surface area contributed by atoms with Gasteiger partial charge in [-0.25, -0.2) is 4.68 Å². The summed E-state index contributed by atoms with van der Waals surface area (Å²) in [6.45, 7) is 4.78. The summed E-state index contributed by atoms with van der Waals surface area (Å²) in [7, 11) is 0. The minimum atomic E-state index is -0.0639. The number of hydrogen-bond donors (Lipinski definition) is 2. The topological polar surface area (TPSA) is 59.0 Å². The van der Waals surface area contributed by atoms with Gasteiger partial charge in [0.2, 0.25) is 0 Å². The van der Waals surface area contributed by atoms with Gasteiger partial charge in [0.05, 0.1) is 11.3 Å². The summed E-state index contributed by atoms with van der Waals surface area (Å²) in [6.07, 6.45) is 4.16. The SMILES string of the molecule is Cc1ccccc1-c1nn(-c2ccccc2)cc1C(=O)NCC1CCCNC1.Cl. The van der Waals surface area contributed by atoms with Crippen molar-refractivity contribution in [2.75, 3.05) is 19.6 Å². The molecular weight excluding hydrogens is 384 g/mol. The zero-order valence-electron chi connectivity index (χ0n) is 16.6. The van der Waals surface area contributed by atoms with Crippen molar-refractivity contribution in [3.05, 3.63) is 71.9 Å². The molecule has 4 rings (SSSR count). The average Bonchev–Trinajstić information content (AvgIpc) is 3.19. The molecule has 1 fully saturated rings. The molecule has 1 aliphatic heterocycles. The summed E-state index contributed by atoms with van der Waals surface area (Å²) in [5.74, 6) is 0.426. The number of nitrogens with one attached hydrogen (secondary N) is 2. The van der Waals surface area contributed by atoms with Gasteiger partial charge in [0.1, 0.15) is 5.69 Å². The quantitative estimate of drug-likeness (QED) is 0.668. The Bertz CT molecular complexity index is 949. The second-order valence-corrected chi connectivity index (χ2v) is 7.41. The molecular formula is C23H27ClN4O. The third-order valence-electron chi connectivity index (χ3n) is 5.33. The third-order valence-corrected chi connectivity index (χ3v) is 5.33. The second kappa shape index (κ2) is 9.72. The number of nitrogens with zero attached hydrogens (tertiary/aromatic N) is 2. The minimum Gasteiger partial charge on any atom is -0.352 e. The summed E-state index contributed by atoms with van der Waals surface area (Å²) in [6, 6.07) is 18.0. The van der Waals surface area contributed by atoms with Gasteiger partial charge in [-0.15, -0.1) is 12.4 Å². The number of amides is 1. The Hall–Kier alpha value is -2.63. The van der Waals surface area contributed by atoms with Crippen molar-refractivity contribution >= 4 is 18.3 Å². The molecule has 6 heteroatoms. The number of aromatic nitrogens is 2. The lowest BCUT2D eigenvalue weighted by molar-refractivity contribution is 0.0945. The molecule has 29 heavy (non-hydrogen) atoms. The molecule has 0 aliphatic carbocycles. The summed E-state index contributed by atoms with van der Waals surface area (Å²) < 4.78 is 1.79. The normalized spacial score (nSPS) is 16.1. The molecule has 5 nitrogen and oxygen atoms in total. The maximum Gasteiger partial charge on any atom is 0.255 e. The number of piperidine rings is 1. The molecule has 0 spiro atoms. The zero-order valence-corrected chi connectivity index (χ0v) is 17.4. The number of carbonyl (C=O) groups excluding carboxylic acids is 1. The monoisotopic (exact) mass is 410 g/mol. The Labute approximate surface area is 177 Å². The van der Waals surface area contributed by atoms with Gasteiger partial charge in [-0.1, -0.05) is 42.5 Å². The van der Waals surface area contributed by atoms with E-state index in [0.717, 1.165) is 42.0 Å². The average molecular weight is 411 g/mol. The van der Waals surface area contributed by atoms with E-state index in [-0.39, 0.29) is 18.3 Å².